The molecule has 1 aliphatic rings. The van der Waals surface area contributed by atoms with Gasteiger partial charge in [0.05, 0.1) is 20.2 Å². The van der Waals surface area contributed by atoms with Crippen LogP contribution in [-0.4, -0.2) is 35.4 Å². The first-order valence-corrected chi connectivity index (χ1v) is 9.17. The van der Waals surface area contributed by atoms with Crippen molar-refractivity contribution >= 4 is 6.03 Å². The summed E-state index contributed by atoms with van der Waals surface area (Å²) in [5.74, 6) is 2.78. The van der Waals surface area contributed by atoms with Crippen LogP contribution in [0.4, 0.5) is 4.79 Å². The van der Waals surface area contributed by atoms with E-state index in [4.69, 9.17) is 13.8 Å². The topological polar surface area (TPSA) is 93.6 Å². The second-order valence-corrected chi connectivity index (χ2v) is 6.92. The first-order valence-electron chi connectivity index (χ1n) is 9.17. The molecular formula is C20H22N4O4. The van der Waals surface area contributed by atoms with Crippen molar-refractivity contribution in [2.45, 2.75) is 31.8 Å². The predicted molar refractivity (Wildman–Crippen MR) is 101 cm³/mol. The highest BCUT2D eigenvalue weighted by molar-refractivity contribution is 5.73. The van der Waals surface area contributed by atoms with Crippen LogP contribution in [0.1, 0.15) is 35.9 Å². The maximum Gasteiger partial charge on any atom is 0.317 e. The molecule has 2 heterocycles. The number of methoxy groups -OCH3 is 1. The van der Waals surface area contributed by atoms with E-state index in [0.29, 0.717) is 23.9 Å². The molecule has 28 heavy (non-hydrogen) atoms. The molecule has 0 spiro atoms. The maximum absolute atomic E-state index is 12.3. The van der Waals surface area contributed by atoms with Crippen LogP contribution in [0.2, 0.25) is 0 Å². The van der Waals surface area contributed by atoms with Gasteiger partial charge in [-0.2, -0.15) is 0 Å². The van der Waals surface area contributed by atoms with E-state index in [0.717, 1.165) is 35.6 Å². The van der Waals surface area contributed by atoms with Crippen molar-refractivity contribution in [3.05, 3.63) is 53.5 Å². The Morgan fingerprint density at radius 3 is 2.82 bits per heavy atom. The quantitative estimate of drug-likeness (QED) is 0.672. The summed E-state index contributed by atoms with van der Waals surface area (Å²) in [7, 11) is 3.33. The van der Waals surface area contributed by atoms with Gasteiger partial charge in [0.15, 0.2) is 5.76 Å². The van der Waals surface area contributed by atoms with E-state index in [1.165, 1.54) is 0 Å². The van der Waals surface area contributed by atoms with Gasteiger partial charge >= 0.3 is 6.03 Å². The highest BCUT2D eigenvalue weighted by atomic mass is 16.5. The molecule has 4 rings (SSSR count). The van der Waals surface area contributed by atoms with Crippen molar-refractivity contribution in [3.63, 3.8) is 0 Å². The SMILES string of the molecule is COc1cccc(-c2cc(CNC(=O)N(C)Cc3cc(C4CC4)on3)no2)c1. The molecule has 1 saturated carbocycles. The average molecular weight is 382 g/mol. The van der Waals surface area contributed by atoms with Crippen molar-refractivity contribution in [1.82, 2.24) is 20.5 Å². The Labute approximate surface area is 162 Å². The Hall–Kier alpha value is -3.29. The second kappa shape index (κ2) is 7.75. The van der Waals surface area contributed by atoms with Gasteiger partial charge in [0.25, 0.3) is 0 Å². The van der Waals surface area contributed by atoms with Crippen LogP contribution < -0.4 is 10.1 Å². The minimum absolute atomic E-state index is 0.220. The lowest BCUT2D eigenvalue weighted by Crippen LogP contribution is -2.36. The van der Waals surface area contributed by atoms with Gasteiger partial charge in [0.1, 0.15) is 22.9 Å². The molecule has 2 aromatic heterocycles. The Morgan fingerprint density at radius 2 is 2.04 bits per heavy atom. The molecule has 1 N–H and O–H groups in total. The summed E-state index contributed by atoms with van der Waals surface area (Å²) in [5.41, 5.74) is 2.25. The molecule has 0 bridgehead atoms. The van der Waals surface area contributed by atoms with Crippen molar-refractivity contribution in [3.8, 4) is 17.1 Å². The van der Waals surface area contributed by atoms with Crippen LogP contribution in [0, 0.1) is 0 Å². The number of ether oxygens (including phenoxy) is 1. The third kappa shape index (κ3) is 4.16. The number of nitrogens with zero attached hydrogens (tertiary/aromatic N) is 3. The zero-order chi connectivity index (χ0) is 19.5. The van der Waals surface area contributed by atoms with E-state index in [1.807, 2.05) is 30.3 Å². The third-order valence-corrected chi connectivity index (χ3v) is 4.64. The van der Waals surface area contributed by atoms with E-state index in [2.05, 4.69) is 15.6 Å². The predicted octanol–water partition coefficient (Wildman–Crippen LogP) is 3.56. The first kappa shape index (κ1) is 18.1. The molecule has 3 aromatic rings. The Balaban J connectivity index is 1.30. The number of amides is 2. The number of nitrogens with one attached hydrogen (secondary N) is 1. The van der Waals surface area contributed by atoms with Crippen molar-refractivity contribution in [1.29, 1.82) is 0 Å². The molecule has 0 atom stereocenters. The zero-order valence-electron chi connectivity index (χ0n) is 15.8. The van der Waals surface area contributed by atoms with Gasteiger partial charge in [-0.1, -0.05) is 22.4 Å². The molecule has 0 unspecified atom stereocenters. The minimum Gasteiger partial charge on any atom is -0.497 e. The minimum atomic E-state index is -0.220. The maximum atomic E-state index is 12.3. The summed E-state index contributed by atoms with van der Waals surface area (Å²) < 4.78 is 15.9. The number of aromatic nitrogens is 2. The molecule has 0 saturated heterocycles. The van der Waals surface area contributed by atoms with Crippen molar-refractivity contribution in [2.24, 2.45) is 0 Å². The standard InChI is InChI=1S/C20H22N4O4/c1-24(12-16-10-18(27-23-16)13-6-7-13)20(25)21-11-15-9-19(28-22-15)14-4-3-5-17(8-14)26-2/h3-5,8-10,13H,6-7,11-12H2,1-2H3,(H,21,25). The number of carbonyl (C=O) groups is 1. The van der Waals surface area contributed by atoms with Crippen LogP contribution in [0.3, 0.4) is 0 Å². The van der Waals surface area contributed by atoms with E-state index in [-0.39, 0.29) is 12.6 Å². The van der Waals surface area contributed by atoms with Gasteiger partial charge < -0.3 is 24.0 Å². The van der Waals surface area contributed by atoms with Crippen molar-refractivity contribution in [2.75, 3.05) is 14.2 Å². The second-order valence-electron chi connectivity index (χ2n) is 6.92. The van der Waals surface area contributed by atoms with Gasteiger partial charge in [0.2, 0.25) is 0 Å². The lowest BCUT2D eigenvalue weighted by atomic mass is 10.1. The Morgan fingerprint density at radius 1 is 1.21 bits per heavy atom. The third-order valence-electron chi connectivity index (χ3n) is 4.64. The smallest absolute Gasteiger partial charge is 0.317 e. The zero-order valence-corrected chi connectivity index (χ0v) is 15.8. The normalized spacial score (nSPS) is 13.4. The molecule has 1 aliphatic carbocycles. The molecule has 1 aromatic carbocycles. The lowest BCUT2D eigenvalue weighted by molar-refractivity contribution is 0.205. The van der Waals surface area contributed by atoms with Crippen LogP contribution in [0.25, 0.3) is 11.3 Å². The monoisotopic (exact) mass is 382 g/mol. The largest absolute Gasteiger partial charge is 0.497 e. The van der Waals surface area contributed by atoms with Gasteiger partial charge in [-0.3, -0.25) is 0 Å². The Bertz CT molecular complexity index is 961. The number of hydrogen-bond acceptors (Lipinski definition) is 6. The molecule has 146 valence electrons. The summed E-state index contributed by atoms with van der Waals surface area (Å²) in [4.78, 5) is 13.9. The summed E-state index contributed by atoms with van der Waals surface area (Å²) in [5, 5.41) is 10.9. The lowest BCUT2D eigenvalue weighted by Gasteiger charge is -2.15. The Kier molecular flexibility index (Phi) is 5.01. The van der Waals surface area contributed by atoms with E-state index < -0.39 is 0 Å². The molecule has 0 aliphatic heterocycles. The van der Waals surface area contributed by atoms with E-state index >= 15 is 0 Å². The molecule has 8 nitrogen and oxygen atoms in total. The molecule has 8 heteroatoms. The number of benzene rings is 1. The average Bonchev–Trinajstić information content (AvgIpc) is 3.27. The fourth-order valence-electron chi connectivity index (χ4n) is 2.89. The van der Waals surface area contributed by atoms with Gasteiger partial charge in [-0.05, 0) is 25.0 Å². The number of rotatable bonds is 7. The summed E-state index contributed by atoms with van der Waals surface area (Å²) in [6, 6.07) is 11.0. The van der Waals surface area contributed by atoms with Gasteiger partial charge in [-0.15, -0.1) is 0 Å². The van der Waals surface area contributed by atoms with Crippen LogP contribution in [0.5, 0.6) is 5.75 Å². The molecule has 0 radical (unpaired) electrons. The summed E-state index contributed by atoms with van der Waals surface area (Å²) in [6.07, 6.45) is 2.31. The fourth-order valence-corrected chi connectivity index (χ4v) is 2.89. The first-order chi connectivity index (χ1) is 13.6. The van der Waals surface area contributed by atoms with E-state index in [9.17, 15) is 4.79 Å². The number of carbonyl (C=O) groups excluding carboxylic acids is 1. The van der Waals surface area contributed by atoms with E-state index in [1.54, 1.807) is 25.1 Å². The van der Waals surface area contributed by atoms with Crippen LogP contribution in [0.15, 0.2) is 45.4 Å². The summed E-state index contributed by atoms with van der Waals surface area (Å²) >= 11 is 0. The van der Waals surface area contributed by atoms with Crippen LogP contribution >= 0.6 is 0 Å². The number of urea groups is 1. The highest BCUT2D eigenvalue weighted by Gasteiger charge is 2.28. The highest BCUT2D eigenvalue weighted by Crippen LogP contribution is 2.40. The molecule has 1 fully saturated rings. The van der Waals surface area contributed by atoms with Crippen molar-refractivity contribution < 1.29 is 18.6 Å². The molecule has 2 amide bonds. The van der Waals surface area contributed by atoms with Gasteiger partial charge in [0, 0.05) is 30.7 Å². The van der Waals surface area contributed by atoms with Crippen LogP contribution in [-0.2, 0) is 13.1 Å². The summed E-state index contributed by atoms with van der Waals surface area (Å²) in [6.45, 7) is 0.651. The number of hydrogen-bond donors (Lipinski definition) is 1. The van der Waals surface area contributed by atoms with Gasteiger partial charge in [-0.25, -0.2) is 4.79 Å². The molecular weight excluding hydrogens is 360 g/mol. The fraction of sp³-hybridized carbons (Fsp3) is 0.350.